The van der Waals surface area contributed by atoms with Crippen molar-refractivity contribution in [1.82, 2.24) is 9.97 Å². The van der Waals surface area contributed by atoms with Crippen LogP contribution in [0.3, 0.4) is 0 Å². The first-order chi connectivity index (χ1) is 18.8. The number of aliphatic hydroxyl groups is 2. The van der Waals surface area contributed by atoms with E-state index >= 15 is 0 Å². The summed E-state index contributed by atoms with van der Waals surface area (Å²) in [6.45, 7) is 10.4. The number of thiazole rings is 2. The van der Waals surface area contributed by atoms with Crippen molar-refractivity contribution in [3.63, 3.8) is 0 Å². The molecule has 1 saturated carbocycles. The maximum absolute atomic E-state index is 13.2. The van der Waals surface area contributed by atoms with Crippen LogP contribution in [0.5, 0.6) is 0 Å². The normalized spacial score (nSPS) is 27.9. The van der Waals surface area contributed by atoms with Crippen LogP contribution < -0.4 is 10.6 Å². The van der Waals surface area contributed by atoms with E-state index in [4.69, 9.17) is 4.98 Å². The summed E-state index contributed by atoms with van der Waals surface area (Å²) in [5.41, 5.74) is 1.44. The van der Waals surface area contributed by atoms with E-state index in [0.29, 0.717) is 35.1 Å². The van der Waals surface area contributed by atoms with E-state index in [1.165, 1.54) is 22.7 Å². The SMILES string of the molecule is CC(C)(C)c1ccc(C(=O)Nc2nc3c(s2)C[C@@H]2[C@](C)(CO)[C@H](O)CC[C@@]2(C)[C@@H]3CC(=O)Nc2nccs2)cc1. The number of aromatic nitrogens is 2. The largest absolute Gasteiger partial charge is 0.396 e. The van der Waals surface area contributed by atoms with Crippen LogP contribution in [0, 0.1) is 16.7 Å². The van der Waals surface area contributed by atoms with Crippen LogP contribution in [0.25, 0.3) is 0 Å². The summed E-state index contributed by atoms with van der Waals surface area (Å²) in [5.74, 6) is -0.689. The van der Waals surface area contributed by atoms with Gasteiger partial charge in [-0.2, -0.15) is 0 Å². The molecule has 2 aliphatic rings. The zero-order valence-electron chi connectivity index (χ0n) is 23.7. The highest BCUT2D eigenvalue weighted by atomic mass is 32.1. The molecule has 2 heterocycles. The van der Waals surface area contributed by atoms with Gasteiger partial charge in [0.25, 0.3) is 5.91 Å². The number of nitrogens with one attached hydrogen (secondary N) is 2. The third kappa shape index (κ3) is 5.22. The standard InChI is InChI=1S/C30H38N4O4S2/c1-28(2,3)18-8-6-17(7-9-18)25(38)34-27-33-24-19(14-23(37)32-26-31-12-13-39-26)29(4)11-10-22(36)30(5,16-35)21(29)15-20(24)40-27/h6-9,12-13,19,21-22,35-36H,10-11,14-16H2,1-5H3,(H,31,32,37)(H,33,34,38)/t19-,21+,22-,29+,30+/m1/s1. The van der Waals surface area contributed by atoms with E-state index < -0.39 is 11.5 Å². The number of hydrogen-bond acceptors (Lipinski definition) is 8. The van der Waals surface area contributed by atoms with Crippen molar-refractivity contribution in [2.75, 3.05) is 17.2 Å². The Morgan fingerprint density at radius 2 is 1.85 bits per heavy atom. The Morgan fingerprint density at radius 3 is 2.48 bits per heavy atom. The summed E-state index contributed by atoms with van der Waals surface area (Å²) < 4.78 is 0. The van der Waals surface area contributed by atoms with Crippen molar-refractivity contribution in [1.29, 1.82) is 0 Å². The zero-order chi connectivity index (χ0) is 28.9. The van der Waals surface area contributed by atoms with Crippen molar-refractivity contribution in [2.45, 2.75) is 77.7 Å². The molecule has 40 heavy (non-hydrogen) atoms. The second-order valence-electron chi connectivity index (χ2n) is 12.7. The van der Waals surface area contributed by atoms with Gasteiger partial charge in [-0.1, -0.05) is 46.8 Å². The second kappa shape index (κ2) is 10.6. The average Bonchev–Trinajstić information content (AvgIpc) is 3.56. The van der Waals surface area contributed by atoms with E-state index in [1.54, 1.807) is 6.20 Å². The van der Waals surface area contributed by atoms with Gasteiger partial charge in [0.2, 0.25) is 5.91 Å². The highest BCUT2D eigenvalue weighted by Gasteiger charge is 2.59. The predicted octanol–water partition coefficient (Wildman–Crippen LogP) is 5.59. The van der Waals surface area contributed by atoms with E-state index in [9.17, 15) is 19.8 Å². The third-order valence-electron chi connectivity index (χ3n) is 9.20. The Balaban J connectivity index is 1.46. The molecule has 2 aliphatic carbocycles. The Hall–Kier alpha value is -2.66. The molecule has 0 bridgehead atoms. The number of aliphatic hydroxyl groups excluding tert-OH is 2. The van der Waals surface area contributed by atoms with Gasteiger partial charge in [-0.15, -0.1) is 22.7 Å². The molecular formula is C30H38N4O4S2. The van der Waals surface area contributed by atoms with Gasteiger partial charge in [0.05, 0.1) is 18.4 Å². The fraction of sp³-hybridized carbons (Fsp3) is 0.533. The van der Waals surface area contributed by atoms with Gasteiger partial charge in [0, 0.05) is 39.8 Å². The number of carbonyl (C=O) groups is 2. The maximum atomic E-state index is 13.2. The highest BCUT2D eigenvalue weighted by Crippen LogP contribution is 2.62. The van der Waals surface area contributed by atoms with Crippen LogP contribution >= 0.6 is 22.7 Å². The Morgan fingerprint density at radius 1 is 1.12 bits per heavy atom. The molecule has 5 rings (SSSR count). The summed E-state index contributed by atoms with van der Waals surface area (Å²) in [4.78, 5) is 36.5. The Labute approximate surface area is 243 Å². The molecule has 0 spiro atoms. The van der Waals surface area contributed by atoms with Crippen LogP contribution in [-0.2, 0) is 16.6 Å². The topological polar surface area (TPSA) is 124 Å². The number of rotatable bonds is 6. The maximum Gasteiger partial charge on any atom is 0.257 e. The van der Waals surface area contributed by atoms with Gasteiger partial charge in [-0.05, 0) is 53.7 Å². The quantitative estimate of drug-likeness (QED) is 0.300. The monoisotopic (exact) mass is 582 g/mol. The molecule has 214 valence electrons. The lowest BCUT2D eigenvalue weighted by Gasteiger charge is -2.58. The number of fused-ring (bicyclic) bond motifs is 2. The first kappa shape index (κ1) is 28.9. The molecule has 1 fully saturated rings. The van der Waals surface area contributed by atoms with Crippen LogP contribution in [0.1, 0.15) is 86.3 Å². The van der Waals surface area contributed by atoms with Crippen LogP contribution in [0.4, 0.5) is 10.3 Å². The molecule has 5 atom stereocenters. The summed E-state index contributed by atoms with van der Waals surface area (Å²) in [5, 5.41) is 30.2. The van der Waals surface area contributed by atoms with E-state index in [-0.39, 0.29) is 47.5 Å². The molecule has 0 saturated heterocycles. The fourth-order valence-corrected chi connectivity index (χ4v) is 8.24. The van der Waals surface area contributed by atoms with Crippen molar-refractivity contribution in [2.24, 2.45) is 16.7 Å². The molecule has 2 amide bonds. The smallest absolute Gasteiger partial charge is 0.257 e. The van der Waals surface area contributed by atoms with Crippen LogP contribution in [-0.4, -0.2) is 44.7 Å². The fourth-order valence-electron chi connectivity index (χ4n) is 6.63. The number of anilines is 2. The van der Waals surface area contributed by atoms with Gasteiger partial charge in [-0.3, -0.25) is 14.9 Å². The number of benzene rings is 1. The Kier molecular flexibility index (Phi) is 7.67. The van der Waals surface area contributed by atoms with Crippen LogP contribution in [0.2, 0.25) is 0 Å². The number of amides is 2. The third-order valence-corrected chi connectivity index (χ3v) is 10.9. The van der Waals surface area contributed by atoms with E-state index in [0.717, 1.165) is 16.1 Å². The van der Waals surface area contributed by atoms with Crippen molar-refractivity contribution in [3.05, 3.63) is 57.5 Å². The molecule has 1 aromatic carbocycles. The van der Waals surface area contributed by atoms with Crippen LogP contribution in [0.15, 0.2) is 35.8 Å². The summed E-state index contributed by atoms with van der Waals surface area (Å²) in [7, 11) is 0. The van der Waals surface area contributed by atoms with Gasteiger partial charge in [0.15, 0.2) is 10.3 Å². The Bertz CT molecular complexity index is 1380. The molecular weight excluding hydrogens is 544 g/mol. The van der Waals surface area contributed by atoms with Gasteiger partial charge in [-0.25, -0.2) is 9.97 Å². The zero-order valence-corrected chi connectivity index (χ0v) is 25.3. The van der Waals surface area contributed by atoms with Crippen molar-refractivity contribution in [3.8, 4) is 0 Å². The molecule has 4 N–H and O–H groups in total. The average molecular weight is 583 g/mol. The predicted molar refractivity (Wildman–Crippen MR) is 159 cm³/mol. The van der Waals surface area contributed by atoms with E-state index in [1.807, 2.05) is 36.6 Å². The summed E-state index contributed by atoms with van der Waals surface area (Å²) >= 11 is 2.79. The van der Waals surface area contributed by atoms with Crippen molar-refractivity contribution < 1.29 is 19.8 Å². The van der Waals surface area contributed by atoms with Gasteiger partial charge >= 0.3 is 0 Å². The molecule has 10 heteroatoms. The highest BCUT2D eigenvalue weighted by molar-refractivity contribution is 7.16. The lowest BCUT2D eigenvalue weighted by atomic mass is 9.47. The number of carbonyl (C=O) groups excluding carboxylic acids is 2. The molecule has 8 nitrogen and oxygen atoms in total. The van der Waals surface area contributed by atoms with E-state index in [2.05, 4.69) is 43.3 Å². The summed E-state index contributed by atoms with van der Waals surface area (Å²) in [6, 6.07) is 7.62. The molecule has 3 aromatic rings. The summed E-state index contributed by atoms with van der Waals surface area (Å²) in [6.07, 6.45) is 3.09. The molecule has 2 aromatic heterocycles. The second-order valence-corrected chi connectivity index (χ2v) is 14.7. The number of hydrogen-bond donors (Lipinski definition) is 4. The lowest BCUT2D eigenvalue weighted by Crippen LogP contribution is -2.57. The molecule has 0 unspecified atom stereocenters. The number of nitrogens with zero attached hydrogens (tertiary/aromatic N) is 2. The first-order valence-electron chi connectivity index (χ1n) is 13.7. The minimum Gasteiger partial charge on any atom is -0.396 e. The van der Waals surface area contributed by atoms with Gasteiger partial charge in [0.1, 0.15) is 0 Å². The lowest BCUT2D eigenvalue weighted by molar-refractivity contribution is -0.143. The molecule has 0 radical (unpaired) electrons. The minimum absolute atomic E-state index is 0.00618. The molecule has 0 aliphatic heterocycles. The first-order valence-corrected chi connectivity index (χ1v) is 15.4. The minimum atomic E-state index is -0.711. The van der Waals surface area contributed by atoms with Gasteiger partial charge < -0.3 is 15.5 Å². The van der Waals surface area contributed by atoms with Crippen molar-refractivity contribution >= 4 is 44.8 Å².